The summed E-state index contributed by atoms with van der Waals surface area (Å²) in [5, 5.41) is 4.27. The Labute approximate surface area is 133 Å². The van der Waals surface area contributed by atoms with E-state index in [4.69, 9.17) is 22.1 Å². The van der Waals surface area contributed by atoms with Gasteiger partial charge in [-0.3, -0.25) is 0 Å². The Bertz CT molecular complexity index is 702. The summed E-state index contributed by atoms with van der Waals surface area (Å²) >= 11 is 5.97. The number of carbonyl (C=O) groups excluding carboxylic acids is 1. The van der Waals surface area contributed by atoms with Crippen molar-refractivity contribution in [3.63, 3.8) is 0 Å². The van der Waals surface area contributed by atoms with Crippen LogP contribution in [0.3, 0.4) is 0 Å². The van der Waals surface area contributed by atoms with Crippen LogP contribution in [0.2, 0.25) is 5.02 Å². The molecule has 0 fully saturated rings. The van der Waals surface area contributed by atoms with E-state index >= 15 is 0 Å². The second kappa shape index (κ2) is 7.47. The molecule has 0 heterocycles. The van der Waals surface area contributed by atoms with E-state index in [2.05, 4.69) is 10.5 Å². The van der Waals surface area contributed by atoms with Crippen molar-refractivity contribution in [2.24, 2.45) is 10.8 Å². The van der Waals surface area contributed by atoms with Gasteiger partial charge in [-0.25, -0.2) is 10.2 Å². The predicted octanol–water partition coefficient (Wildman–Crippen LogP) is 3.23. The number of hydrogen-bond donors (Lipinski definition) is 2. The van der Waals surface area contributed by atoms with E-state index in [1.54, 1.807) is 18.2 Å². The van der Waals surface area contributed by atoms with Crippen LogP contribution >= 0.6 is 11.6 Å². The number of carbonyl (C=O) groups is 1. The van der Waals surface area contributed by atoms with Gasteiger partial charge in [0.05, 0.1) is 6.21 Å². The van der Waals surface area contributed by atoms with Crippen molar-refractivity contribution in [2.75, 3.05) is 0 Å². The molecular formula is C16H16ClN3O2. The first-order valence-electron chi connectivity index (χ1n) is 6.61. The minimum atomic E-state index is -0.736. The molecule has 6 heteroatoms. The van der Waals surface area contributed by atoms with E-state index in [0.29, 0.717) is 22.9 Å². The van der Waals surface area contributed by atoms with Crippen molar-refractivity contribution in [3.8, 4) is 5.75 Å². The number of aryl methyl sites for hydroxylation is 1. The number of benzene rings is 2. The molecule has 0 saturated carbocycles. The molecule has 114 valence electrons. The second-order valence-electron chi connectivity index (χ2n) is 4.63. The first-order valence-corrected chi connectivity index (χ1v) is 6.99. The Balaban J connectivity index is 2.14. The predicted molar refractivity (Wildman–Crippen MR) is 87.3 cm³/mol. The van der Waals surface area contributed by atoms with Gasteiger partial charge in [-0.1, -0.05) is 35.9 Å². The Morgan fingerprint density at radius 1 is 1.36 bits per heavy atom. The highest BCUT2D eigenvalue weighted by Gasteiger charge is 2.05. The van der Waals surface area contributed by atoms with Gasteiger partial charge in [0.25, 0.3) is 0 Å². The van der Waals surface area contributed by atoms with Crippen LogP contribution in [-0.4, -0.2) is 12.2 Å². The Hall–Kier alpha value is -2.53. The number of nitrogens with zero attached hydrogens (tertiary/aromatic N) is 1. The molecule has 0 radical (unpaired) electrons. The summed E-state index contributed by atoms with van der Waals surface area (Å²) in [6.07, 6.45) is 1.43. The van der Waals surface area contributed by atoms with Crippen molar-refractivity contribution in [2.45, 2.75) is 13.5 Å². The minimum Gasteiger partial charge on any atom is -0.488 e. The fraction of sp³-hybridized carbons (Fsp3) is 0.125. The molecule has 0 atom stereocenters. The molecule has 3 N–H and O–H groups in total. The fourth-order valence-electron chi connectivity index (χ4n) is 1.84. The summed E-state index contributed by atoms with van der Waals surface area (Å²) in [4.78, 5) is 10.6. The first-order chi connectivity index (χ1) is 10.6. The van der Waals surface area contributed by atoms with Crippen LogP contribution in [-0.2, 0) is 6.61 Å². The molecule has 0 aromatic heterocycles. The lowest BCUT2D eigenvalue weighted by atomic mass is 10.1. The fourth-order valence-corrected chi connectivity index (χ4v) is 2.03. The molecular weight excluding hydrogens is 302 g/mol. The minimum absolute atomic E-state index is 0.429. The number of hydrazone groups is 1. The molecule has 0 spiro atoms. The molecule has 0 aliphatic carbocycles. The number of nitrogens with two attached hydrogens (primary N) is 1. The standard InChI is InChI=1S/C16H16ClN3O2/c1-11-4-2-3-5-12(11)10-22-15-7-6-14(17)8-13(15)9-19-20-16(18)21/h2-9H,10H2,1H3,(H3,18,20,21). The number of nitrogens with one attached hydrogen (secondary N) is 1. The molecule has 2 amide bonds. The monoisotopic (exact) mass is 317 g/mol. The molecule has 2 aromatic rings. The van der Waals surface area contributed by atoms with Gasteiger partial charge in [0.2, 0.25) is 0 Å². The van der Waals surface area contributed by atoms with Crippen LogP contribution in [0.5, 0.6) is 5.75 Å². The summed E-state index contributed by atoms with van der Waals surface area (Å²) < 4.78 is 5.82. The highest BCUT2D eigenvalue weighted by Crippen LogP contribution is 2.23. The highest BCUT2D eigenvalue weighted by atomic mass is 35.5. The molecule has 22 heavy (non-hydrogen) atoms. The Morgan fingerprint density at radius 3 is 2.86 bits per heavy atom. The molecule has 0 saturated heterocycles. The van der Waals surface area contributed by atoms with Gasteiger partial charge in [0.1, 0.15) is 12.4 Å². The maximum Gasteiger partial charge on any atom is 0.332 e. The Morgan fingerprint density at radius 2 is 2.14 bits per heavy atom. The summed E-state index contributed by atoms with van der Waals surface area (Å²) in [5.74, 6) is 0.614. The summed E-state index contributed by atoms with van der Waals surface area (Å²) in [7, 11) is 0. The van der Waals surface area contributed by atoms with Crippen molar-refractivity contribution in [1.82, 2.24) is 5.43 Å². The SMILES string of the molecule is Cc1ccccc1COc1ccc(Cl)cc1C=NNC(N)=O. The lowest BCUT2D eigenvalue weighted by Crippen LogP contribution is -2.24. The lowest BCUT2D eigenvalue weighted by Gasteiger charge is -2.11. The molecule has 2 aromatic carbocycles. The van der Waals surface area contributed by atoms with Gasteiger partial charge in [-0.15, -0.1) is 0 Å². The van der Waals surface area contributed by atoms with Crippen LogP contribution in [0.15, 0.2) is 47.6 Å². The van der Waals surface area contributed by atoms with Crippen molar-refractivity contribution in [1.29, 1.82) is 0 Å². The summed E-state index contributed by atoms with van der Waals surface area (Å²) in [6.45, 7) is 2.46. The van der Waals surface area contributed by atoms with Crippen LogP contribution in [0, 0.1) is 6.92 Å². The van der Waals surface area contributed by atoms with E-state index in [1.807, 2.05) is 31.2 Å². The third-order valence-electron chi connectivity index (χ3n) is 2.99. The number of primary amides is 1. The van der Waals surface area contributed by atoms with Crippen molar-refractivity contribution >= 4 is 23.8 Å². The van der Waals surface area contributed by atoms with E-state index in [9.17, 15) is 4.79 Å². The average molecular weight is 318 g/mol. The van der Waals surface area contributed by atoms with Gasteiger partial charge in [-0.05, 0) is 36.2 Å². The molecule has 5 nitrogen and oxygen atoms in total. The zero-order chi connectivity index (χ0) is 15.9. The highest BCUT2D eigenvalue weighted by molar-refractivity contribution is 6.30. The van der Waals surface area contributed by atoms with Crippen LogP contribution in [0.1, 0.15) is 16.7 Å². The molecule has 2 rings (SSSR count). The van der Waals surface area contributed by atoms with E-state index in [-0.39, 0.29) is 0 Å². The summed E-state index contributed by atoms with van der Waals surface area (Å²) in [6, 6.07) is 12.4. The third-order valence-corrected chi connectivity index (χ3v) is 3.23. The van der Waals surface area contributed by atoms with Crippen LogP contribution in [0.25, 0.3) is 0 Å². The average Bonchev–Trinajstić information content (AvgIpc) is 2.47. The van der Waals surface area contributed by atoms with E-state index in [1.165, 1.54) is 6.21 Å². The topological polar surface area (TPSA) is 76.7 Å². The number of ether oxygens (including phenoxy) is 1. The maximum atomic E-state index is 10.6. The molecule has 0 bridgehead atoms. The third kappa shape index (κ3) is 4.49. The largest absolute Gasteiger partial charge is 0.488 e. The zero-order valence-electron chi connectivity index (χ0n) is 12.0. The van der Waals surface area contributed by atoms with Crippen molar-refractivity contribution in [3.05, 3.63) is 64.2 Å². The number of urea groups is 1. The van der Waals surface area contributed by atoms with Gasteiger partial charge in [0.15, 0.2) is 0 Å². The zero-order valence-corrected chi connectivity index (χ0v) is 12.8. The van der Waals surface area contributed by atoms with Gasteiger partial charge in [0, 0.05) is 10.6 Å². The smallest absolute Gasteiger partial charge is 0.332 e. The number of hydrogen-bond acceptors (Lipinski definition) is 3. The number of amides is 2. The normalized spacial score (nSPS) is 10.6. The first kappa shape index (κ1) is 15.9. The second-order valence-corrected chi connectivity index (χ2v) is 5.07. The van der Waals surface area contributed by atoms with Gasteiger partial charge >= 0.3 is 6.03 Å². The summed E-state index contributed by atoms with van der Waals surface area (Å²) in [5.41, 5.74) is 9.98. The quantitative estimate of drug-likeness (QED) is 0.656. The molecule has 0 unspecified atom stereocenters. The maximum absolute atomic E-state index is 10.6. The van der Waals surface area contributed by atoms with Gasteiger partial charge < -0.3 is 10.5 Å². The van der Waals surface area contributed by atoms with E-state index < -0.39 is 6.03 Å². The molecule has 0 aliphatic heterocycles. The Kier molecular flexibility index (Phi) is 5.38. The molecule has 0 aliphatic rings. The van der Waals surface area contributed by atoms with E-state index in [0.717, 1.165) is 11.1 Å². The number of rotatable bonds is 5. The van der Waals surface area contributed by atoms with Crippen molar-refractivity contribution < 1.29 is 9.53 Å². The lowest BCUT2D eigenvalue weighted by molar-refractivity contribution is 0.249. The number of halogens is 1. The van der Waals surface area contributed by atoms with Crippen LogP contribution < -0.4 is 15.9 Å². The van der Waals surface area contributed by atoms with Gasteiger partial charge in [-0.2, -0.15) is 5.10 Å². The van der Waals surface area contributed by atoms with Crippen LogP contribution in [0.4, 0.5) is 4.79 Å².